The summed E-state index contributed by atoms with van der Waals surface area (Å²) < 4.78 is 0. The van der Waals surface area contributed by atoms with E-state index in [9.17, 15) is 0 Å². The van der Waals surface area contributed by atoms with Gasteiger partial charge in [-0.25, -0.2) is 0 Å². The first-order chi connectivity index (χ1) is 9.15. The maximum atomic E-state index is 6.18. The molecular weight excluding hydrogens is 283 g/mol. The number of halogens is 2. The van der Waals surface area contributed by atoms with Crippen molar-refractivity contribution < 1.29 is 0 Å². The zero-order valence-electron chi connectivity index (χ0n) is 11.0. The highest BCUT2D eigenvalue weighted by molar-refractivity contribution is 6.33. The molecule has 2 atom stereocenters. The van der Waals surface area contributed by atoms with Gasteiger partial charge in [-0.15, -0.1) is 10.2 Å². The molecule has 0 amide bonds. The third kappa shape index (κ3) is 2.67. The van der Waals surface area contributed by atoms with E-state index in [4.69, 9.17) is 23.2 Å². The fraction of sp³-hybridized carbons (Fsp3) is 0.692. The summed E-state index contributed by atoms with van der Waals surface area (Å²) in [4.78, 5) is 4.93. The average molecular weight is 301 g/mol. The van der Waals surface area contributed by atoms with Gasteiger partial charge in [-0.2, -0.15) is 0 Å². The van der Waals surface area contributed by atoms with Gasteiger partial charge in [0.05, 0.1) is 5.69 Å². The number of piperidine rings is 1. The summed E-state index contributed by atoms with van der Waals surface area (Å²) in [5.41, 5.74) is 0.916. The molecule has 19 heavy (non-hydrogen) atoms. The molecule has 104 valence electrons. The number of piperazine rings is 1. The molecule has 4 nitrogen and oxygen atoms in total. The van der Waals surface area contributed by atoms with E-state index in [1.807, 2.05) is 6.07 Å². The van der Waals surface area contributed by atoms with Gasteiger partial charge in [-0.1, -0.05) is 29.6 Å². The Balaban J connectivity index is 1.85. The monoisotopic (exact) mass is 300 g/mol. The molecule has 0 spiro atoms. The third-order valence-corrected chi connectivity index (χ3v) is 4.65. The molecule has 0 bridgehead atoms. The van der Waals surface area contributed by atoms with Crippen LogP contribution in [0, 0.1) is 0 Å². The number of fused-ring (bicyclic) bond motifs is 1. The number of anilines is 1. The van der Waals surface area contributed by atoms with Crippen LogP contribution >= 0.6 is 23.2 Å². The second-order valence-corrected chi connectivity index (χ2v) is 6.23. The SMILES string of the molecule is CC1CN2CCCCC2CN1c1cc(Cl)nnc1Cl. The van der Waals surface area contributed by atoms with E-state index in [1.165, 1.54) is 25.8 Å². The van der Waals surface area contributed by atoms with Crippen LogP contribution < -0.4 is 4.90 Å². The van der Waals surface area contributed by atoms with Crippen LogP contribution in [0.2, 0.25) is 10.3 Å². The summed E-state index contributed by atoms with van der Waals surface area (Å²) >= 11 is 12.1. The van der Waals surface area contributed by atoms with E-state index in [1.54, 1.807) is 0 Å². The van der Waals surface area contributed by atoms with Crippen molar-refractivity contribution >= 4 is 28.9 Å². The maximum Gasteiger partial charge on any atom is 0.175 e. The van der Waals surface area contributed by atoms with E-state index in [0.29, 0.717) is 22.4 Å². The lowest BCUT2D eigenvalue weighted by molar-refractivity contribution is 0.115. The molecule has 3 rings (SSSR count). The van der Waals surface area contributed by atoms with Crippen molar-refractivity contribution in [3.63, 3.8) is 0 Å². The molecule has 2 aliphatic heterocycles. The van der Waals surface area contributed by atoms with Gasteiger partial charge in [0.2, 0.25) is 0 Å². The first kappa shape index (κ1) is 13.4. The predicted molar refractivity (Wildman–Crippen MR) is 78.1 cm³/mol. The predicted octanol–water partition coefficient (Wildman–Crippen LogP) is 2.85. The molecule has 2 saturated heterocycles. The van der Waals surface area contributed by atoms with E-state index >= 15 is 0 Å². The smallest absolute Gasteiger partial charge is 0.175 e. The molecule has 0 aromatic carbocycles. The van der Waals surface area contributed by atoms with Gasteiger partial charge in [0.25, 0.3) is 0 Å². The van der Waals surface area contributed by atoms with Gasteiger partial charge in [0.1, 0.15) is 0 Å². The average Bonchev–Trinajstić information content (AvgIpc) is 2.41. The summed E-state index contributed by atoms with van der Waals surface area (Å²) in [5, 5.41) is 8.55. The zero-order chi connectivity index (χ0) is 13.4. The van der Waals surface area contributed by atoms with Crippen molar-refractivity contribution in [3.05, 3.63) is 16.4 Å². The van der Waals surface area contributed by atoms with Crippen molar-refractivity contribution in [2.45, 2.75) is 38.3 Å². The first-order valence-corrected chi connectivity index (χ1v) is 7.60. The lowest BCUT2D eigenvalue weighted by atomic mass is 9.97. The van der Waals surface area contributed by atoms with Crippen molar-refractivity contribution in [2.24, 2.45) is 0 Å². The molecule has 2 fully saturated rings. The highest BCUT2D eigenvalue weighted by atomic mass is 35.5. The van der Waals surface area contributed by atoms with Crippen LogP contribution in [0.5, 0.6) is 0 Å². The molecule has 6 heteroatoms. The number of rotatable bonds is 1. The van der Waals surface area contributed by atoms with Gasteiger partial charge in [0, 0.05) is 31.2 Å². The molecule has 0 N–H and O–H groups in total. The molecule has 1 aromatic heterocycles. The molecule has 1 aromatic rings. The maximum absolute atomic E-state index is 6.18. The van der Waals surface area contributed by atoms with Gasteiger partial charge in [0.15, 0.2) is 10.3 Å². The standard InChI is InChI=1S/C13H18Cl2N4/c1-9-7-18-5-3-2-4-10(18)8-19(9)11-6-12(14)16-17-13(11)15/h6,9-10H,2-5,7-8H2,1H3. The Labute approximate surface area is 123 Å². The Hall–Kier alpha value is -0.580. The van der Waals surface area contributed by atoms with Crippen molar-refractivity contribution in [2.75, 3.05) is 24.5 Å². The molecule has 2 aliphatic rings. The largest absolute Gasteiger partial charge is 0.363 e. The topological polar surface area (TPSA) is 32.3 Å². The minimum absolute atomic E-state index is 0.401. The van der Waals surface area contributed by atoms with Crippen molar-refractivity contribution in [1.29, 1.82) is 0 Å². The van der Waals surface area contributed by atoms with E-state index < -0.39 is 0 Å². The number of nitrogens with zero attached hydrogens (tertiary/aromatic N) is 4. The van der Waals surface area contributed by atoms with Crippen molar-refractivity contribution in [1.82, 2.24) is 15.1 Å². The molecule has 0 saturated carbocycles. The van der Waals surface area contributed by atoms with Crippen LogP contribution in [0.1, 0.15) is 26.2 Å². The van der Waals surface area contributed by atoms with Crippen LogP contribution in [-0.4, -0.2) is 46.8 Å². The fourth-order valence-electron chi connectivity index (χ4n) is 3.23. The van der Waals surface area contributed by atoms with Crippen molar-refractivity contribution in [3.8, 4) is 0 Å². The fourth-order valence-corrected chi connectivity index (χ4v) is 3.58. The molecule has 0 aliphatic carbocycles. The van der Waals surface area contributed by atoms with Gasteiger partial charge in [-0.05, 0) is 26.3 Å². The summed E-state index contributed by atoms with van der Waals surface area (Å²) in [7, 11) is 0. The lowest BCUT2D eigenvalue weighted by Gasteiger charge is -2.48. The second-order valence-electron chi connectivity index (χ2n) is 5.49. The lowest BCUT2D eigenvalue weighted by Crippen LogP contribution is -2.59. The highest BCUT2D eigenvalue weighted by Crippen LogP contribution is 2.32. The molecule has 3 heterocycles. The third-order valence-electron chi connectivity index (χ3n) is 4.20. The van der Waals surface area contributed by atoms with Crippen LogP contribution in [0.4, 0.5) is 5.69 Å². The minimum Gasteiger partial charge on any atom is -0.363 e. The van der Waals surface area contributed by atoms with Gasteiger partial charge in [-0.3, -0.25) is 4.90 Å². The number of hydrogen-bond donors (Lipinski definition) is 0. The van der Waals surface area contributed by atoms with Crippen LogP contribution in [-0.2, 0) is 0 Å². The normalized spacial score (nSPS) is 28.3. The summed E-state index contributed by atoms with van der Waals surface area (Å²) in [6, 6.07) is 2.88. The molecular formula is C13H18Cl2N4. The summed E-state index contributed by atoms with van der Waals surface area (Å²) in [5.74, 6) is 0. The zero-order valence-corrected chi connectivity index (χ0v) is 12.5. The van der Waals surface area contributed by atoms with Crippen LogP contribution in [0.25, 0.3) is 0 Å². The minimum atomic E-state index is 0.401. The number of aromatic nitrogens is 2. The summed E-state index contributed by atoms with van der Waals surface area (Å²) in [6.45, 7) is 5.55. The van der Waals surface area contributed by atoms with Crippen LogP contribution in [0.15, 0.2) is 6.07 Å². The highest BCUT2D eigenvalue weighted by Gasteiger charge is 2.34. The Kier molecular flexibility index (Phi) is 3.83. The van der Waals surface area contributed by atoms with Crippen LogP contribution in [0.3, 0.4) is 0 Å². The van der Waals surface area contributed by atoms with E-state index in [-0.39, 0.29) is 0 Å². The van der Waals surface area contributed by atoms with Gasteiger partial charge < -0.3 is 4.90 Å². The Morgan fingerprint density at radius 3 is 2.89 bits per heavy atom. The Morgan fingerprint density at radius 2 is 2.05 bits per heavy atom. The molecule has 0 radical (unpaired) electrons. The molecule has 2 unspecified atom stereocenters. The Bertz CT molecular complexity index is 468. The van der Waals surface area contributed by atoms with E-state index in [2.05, 4.69) is 26.9 Å². The Morgan fingerprint density at radius 1 is 1.21 bits per heavy atom. The quantitative estimate of drug-likeness (QED) is 0.798. The van der Waals surface area contributed by atoms with Gasteiger partial charge >= 0.3 is 0 Å². The summed E-state index contributed by atoms with van der Waals surface area (Å²) in [6.07, 6.45) is 3.92. The van der Waals surface area contributed by atoms with E-state index in [0.717, 1.165) is 18.8 Å². The first-order valence-electron chi connectivity index (χ1n) is 6.84. The number of hydrogen-bond acceptors (Lipinski definition) is 4. The second kappa shape index (κ2) is 5.43.